The number of nitrogens with one attached hydrogen (secondary N) is 1. The van der Waals surface area contributed by atoms with Crippen molar-refractivity contribution in [3.05, 3.63) is 0 Å². The summed E-state index contributed by atoms with van der Waals surface area (Å²) in [4.78, 5) is 13.5. The van der Waals surface area contributed by atoms with Crippen LogP contribution in [0.25, 0.3) is 0 Å². The van der Waals surface area contributed by atoms with Crippen molar-refractivity contribution in [2.24, 2.45) is 0 Å². The summed E-state index contributed by atoms with van der Waals surface area (Å²) in [6.07, 6.45) is 0.0270. The number of piperazine rings is 1. The largest absolute Gasteiger partial charge is 0.444 e. The van der Waals surface area contributed by atoms with Gasteiger partial charge in [0, 0.05) is 19.6 Å². The van der Waals surface area contributed by atoms with Crippen LogP contribution in [0.3, 0.4) is 0 Å². The van der Waals surface area contributed by atoms with E-state index in [0.717, 1.165) is 6.54 Å². The van der Waals surface area contributed by atoms with Crippen LogP contribution in [-0.2, 0) is 4.74 Å². The molecule has 1 heterocycles. The lowest BCUT2D eigenvalue weighted by Crippen LogP contribution is -2.54. The maximum Gasteiger partial charge on any atom is 0.410 e. The first-order chi connectivity index (χ1) is 7.44. The zero-order chi connectivity index (χ0) is 12.2. The summed E-state index contributed by atoms with van der Waals surface area (Å²) in [5.41, 5.74) is -0.498. The van der Waals surface area contributed by atoms with Crippen LogP contribution in [-0.4, -0.2) is 48.9 Å². The lowest BCUT2D eigenvalue weighted by atomic mass is 10.1. The average Bonchev–Trinajstić information content (AvgIpc) is 2.16. The summed E-state index contributed by atoms with van der Waals surface area (Å²) in [5.74, 6) is 0. The Morgan fingerprint density at radius 3 is 2.81 bits per heavy atom. The molecule has 4 nitrogen and oxygen atoms in total. The third-order valence-corrected chi connectivity index (χ3v) is 2.42. The third kappa shape index (κ3) is 3.96. The fraction of sp³-hybridized carbons (Fsp3) is 0.909. The number of carbonyl (C=O) groups excluding carboxylic acids is 1. The molecule has 0 aromatic heterocycles. The van der Waals surface area contributed by atoms with E-state index < -0.39 is 12.3 Å². The quantitative estimate of drug-likeness (QED) is 0.785. The number of rotatable bonds is 2. The summed E-state index contributed by atoms with van der Waals surface area (Å²) >= 11 is 0. The van der Waals surface area contributed by atoms with Gasteiger partial charge in [-0.1, -0.05) is 0 Å². The molecule has 0 spiro atoms. The molecule has 0 aromatic rings. The van der Waals surface area contributed by atoms with Crippen LogP contribution < -0.4 is 5.32 Å². The molecule has 0 unspecified atom stereocenters. The van der Waals surface area contributed by atoms with Gasteiger partial charge in [0.1, 0.15) is 5.60 Å². The first-order valence-electron chi connectivity index (χ1n) is 5.70. The van der Waals surface area contributed by atoms with Crippen LogP contribution >= 0.6 is 0 Å². The summed E-state index contributed by atoms with van der Waals surface area (Å²) in [7, 11) is 0. The van der Waals surface area contributed by atoms with E-state index in [9.17, 15) is 9.18 Å². The molecule has 1 fully saturated rings. The first-order valence-corrected chi connectivity index (χ1v) is 5.70. The molecule has 1 rings (SSSR count). The molecule has 0 aliphatic carbocycles. The monoisotopic (exact) mass is 232 g/mol. The van der Waals surface area contributed by atoms with Gasteiger partial charge in [0.05, 0.1) is 12.7 Å². The van der Waals surface area contributed by atoms with Gasteiger partial charge in [0.25, 0.3) is 0 Å². The Morgan fingerprint density at radius 1 is 1.56 bits per heavy atom. The molecule has 94 valence electrons. The Bertz CT molecular complexity index is 239. The Balaban J connectivity index is 2.57. The Kier molecular flexibility index (Phi) is 4.53. The number of ether oxygens (including phenoxy) is 1. The van der Waals surface area contributed by atoms with Crippen LogP contribution in [0, 0.1) is 0 Å². The number of nitrogens with zero attached hydrogens (tertiary/aromatic N) is 1. The predicted molar refractivity (Wildman–Crippen MR) is 60.2 cm³/mol. The van der Waals surface area contributed by atoms with Crippen LogP contribution in [0.15, 0.2) is 0 Å². The molecule has 1 aliphatic rings. The van der Waals surface area contributed by atoms with Gasteiger partial charge in [-0.15, -0.1) is 0 Å². The Morgan fingerprint density at radius 2 is 2.25 bits per heavy atom. The second-order valence-electron chi connectivity index (χ2n) is 5.01. The highest BCUT2D eigenvalue weighted by atomic mass is 19.1. The molecule has 0 radical (unpaired) electrons. The maximum absolute atomic E-state index is 12.3. The molecule has 1 aliphatic heterocycles. The van der Waals surface area contributed by atoms with Gasteiger partial charge in [-0.05, 0) is 27.2 Å². The van der Waals surface area contributed by atoms with Crippen molar-refractivity contribution in [2.75, 3.05) is 26.3 Å². The fourth-order valence-electron chi connectivity index (χ4n) is 1.71. The van der Waals surface area contributed by atoms with E-state index in [1.54, 1.807) is 4.90 Å². The van der Waals surface area contributed by atoms with Gasteiger partial charge in [-0.3, -0.25) is 4.39 Å². The molecular formula is C11H21FN2O2. The topological polar surface area (TPSA) is 41.6 Å². The first kappa shape index (κ1) is 13.2. The molecular weight excluding hydrogens is 211 g/mol. The summed E-state index contributed by atoms with van der Waals surface area (Å²) in [6.45, 7) is 7.04. The minimum absolute atomic E-state index is 0.0893. The molecule has 1 amide bonds. The highest BCUT2D eigenvalue weighted by Gasteiger charge is 2.29. The van der Waals surface area contributed by atoms with Gasteiger partial charge in [0.2, 0.25) is 0 Å². The van der Waals surface area contributed by atoms with Crippen molar-refractivity contribution in [3.63, 3.8) is 0 Å². The van der Waals surface area contributed by atoms with Crippen molar-refractivity contribution < 1.29 is 13.9 Å². The highest BCUT2D eigenvalue weighted by Crippen LogP contribution is 2.14. The molecule has 1 atom stereocenters. The van der Waals surface area contributed by atoms with Crippen LogP contribution in [0.2, 0.25) is 0 Å². The van der Waals surface area contributed by atoms with E-state index in [-0.39, 0.29) is 12.1 Å². The zero-order valence-corrected chi connectivity index (χ0v) is 10.3. The standard InChI is InChI=1S/C11H21FN2O2/c1-11(2,3)16-10(15)14-7-6-13-8-9(14)4-5-12/h9,13H,4-8H2,1-3H3/t9-/m1/s1. The van der Waals surface area contributed by atoms with E-state index in [2.05, 4.69) is 5.32 Å². The summed E-state index contributed by atoms with van der Waals surface area (Å²) in [5, 5.41) is 3.15. The predicted octanol–water partition coefficient (Wildman–Crippen LogP) is 1.55. The number of hydrogen-bond acceptors (Lipinski definition) is 3. The second kappa shape index (κ2) is 5.48. The van der Waals surface area contributed by atoms with Crippen LogP contribution in [0.5, 0.6) is 0 Å². The van der Waals surface area contributed by atoms with E-state index in [1.807, 2.05) is 20.8 Å². The number of halogens is 1. The molecule has 1 saturated heterocycles. The molecule has 0 bridgehead atoms. The summed E-state index contributed by atoms with van der Waals surface area (Å²) < 4.78 is 17.6. The lowest BCUT2D eigenvalue weighted by Gasteiger charge is -2.36. The van der Waals surface area contributed by atoms with Crippen molar-refractivity contribution in [1.29, 1.82) is 0 Å². The number of amides is 1. The smallest absolute Gasteiger partial charge is 0.410 e. The number of carbonyl (C=O) groups is 1. The van der Waals surface area contributed by atoms with Gasteiger partial charge < -0.3 is 15.0 Å². The summed E-state index contributed by atoms with van der Waals surface area (Å²) in [6, 6.07) is -0.0893. The number of alkyl halides is 1. The van der Waals surface area contributed by atoms with E-state index >= 15 is 0 Å². The van der Waals surface area contributed by atoms with Crippen molar-refractivity contribution >= 4 is 6.09 Å². The van der Waals surface area contributed by atoms with E-state index in [1.165, 1.54) is 0 Å². The van der Waals surface area contributed by atoms with Gasteiger partial charge in [-0.2, -0.15) is 0 Å². The second-order valence-corrected chi connectivity index (χ2v) is 5.01. The van der Waals surface area contributed by atoms with E-state index in [4.69, 9.17) is 4.74 Å². The lowest BCUT2D eigenvalue weighted by molar-refractivity contribution is 0.0106. The van der Waals surface area contributed by atoms with Crippen LogP contribution in [0.1, 0.15) is 27.2 Å². The highest BCUT2D eigenvalue weighted by molar-refractivity contribution is 5.68. The Labute approximate surface area is 96.1 Å². The molecule has 16 heavy (non-hydrogen) atoms. The molecule has 0 aromatic carbocycles. The maximum atomic E-state index is 12.3. The normalized spacial score (nSPS) is 22.0. The van der Waals surface area contributed by atoms with Crippen molar-refractivity contribution in [3.8, 4) is 0 Å². The molecule has 0 saturated carbocycles. The molecule has 5 heteroatoms. The zero-order valence-electron chi connectivity index (χ0n) is 10.3. The van der Waals surface area contributed by atoms with Gasteiger partial charge in [0.15, 0.2) is 0 Å². The van der Waals surface area contributed by atoms with E-state index in [0.29, 0.717) is 19.5 Å². The van der Waals surface area contributed by atoms with Crippen molar-refractivity contribution in [2.45, 2.75) is 38.8 Å². The SMILES string of the molecule is CC(C)(C)OC(=O)N1CCNC[C@H]1CCF. The average molecular weight is 232 g/mol. The minimum Gasteiger partial charge on any atom is -0.444 e. The fourth-order valence-corrected chi connectivity index (χ4v) is 1.71. The van der Waals surface area contributed by atoms with Crippen molar-refractivity contribution in [1.82, 2.24) is 10.2 Å². The number of hydrogen-bond donors (Lipinski definition) is 1. The molecule has 1 N–H and O–H groups in total. The van der Waals surface area contributed by atoms with Gasteiger partial charge in [-0.25, -0.2) is 4.79 Å². The third-order valence-electron chi connectivity index (χ3n) is 2.42. The minimum atomic E-state index is -0.498. The van der Waals surface area contributed by atoms with Crippen LogP contribution in [0.4, 0.5) is 9.18 Å². The van der Waals surface area contributed by atoms with Gasteiger partial charge >= 0.3 is 6.09 Å². The Hall–Kier alpha value is -0.840.